The number of hydrogen-bond donors (Lipinski definition) is 2. The van der Waals surface area contributed by atoms with Crippen molar-refractivity contribution in [2.24, 2.45) is 5.16 Å². The third-order valence-electron chi connectivity index (χ3n) is 3.47. The molecule has 3 rings (SSSR count). The highest BCUT2D eigenvalue weighted by molar-refractivity contribution is 7.09. The van der Waals surface area contributed by atoms with Gasteiger partial charge in [-0.05, 0) is 23.4 Å². The monoisotopic (exact) mass is 478 g/mol. The van der Waals surface area contributed by atoms with Crippen LogP contribution in [0.3, 0.4) is 0 Å². The van der Waals surface area contributed by atoms with Crippen LogP contribution in [0.1, 0.15) is 16.4 Å². The molecule has 3 aromatic rings. The number of aromatic nitrogens is 3. The lowest BCUT2D eigenvalue weighted by Crippen LogP contribution is -2.26. The summed E-state index contributed by atoms with van der Waals surface area (Å²) in [5, 5.41) is 18.3. The first-order chi connectivity index (χ1) is 14.7. The topological polar surface area (TPSA) is 115 Å². The molecular weight excluding hydrogens is 468 g/mol. The van der Waals surface area contributed by atoms with E-state index in [4.69, 9.17) is 11.6 Å². The van der Waals surface area contributed by atoms with Gasteiger partial charge in [-0.3, -0.25) is 0 Å². The van der Waals surface area contributed by atoms with Crippen LogP contribution in [0.5, 0.6) is 0 Å². The van der Waals surface area contributed by atoms with Crippen LogP contribution in [0, 0.1) is 5.82 Å². The lowest BCUT2D eigenvalue weighted by molar-refractivity contribution is -0.199. The van der Waals surface area contributed by atoms with Crippen molar-refractivity contribution in [2.45, 2.75) is 19.3 Å². The van der Waals surface area contributed by atoms with Crippen LogP contribution < -0.4 is 10.6 Å². The summed E-state index contributed by atoms with van der Waals surface area (Å²) in [7, 11) is 0. The van der Waals surface area contributed by atoms with Gasteiger partial charge in [0.1, 0.15) is 16.5 Å². The van der Waals surface area contributed by atoms with Gasteiger partial charge in [0, 0.05) is 30.4 Å². The van der Waals surface area contributed by atoms with Gasteiger partial charge < -0.3 is 15.5 Å². The van der Waals surface area contributed by atoms with Crippen LogP contribution >= 0.6 is 22.9 Å². The molecular formula is C16H11ClF4N6O3S. The first-order valence-electron chi connectivity index (χ1n) is 8.23. The maximum Gasteiger partial charge on any atom is 0.493 e. The van der Waals surface area contributed by atoms with E-state index in [9.17, 15) is 22.4 Å². The van der Waals surface area contributed by atoms with Crippen molar-refractivity contribution in [3.8, 4) is 0 Å². The number of amidine groups is 1. The van der Waals surface area contributed by atoms with Gasteiger partial charge in [0.15, 0.2) is 5.69 Å². The molecule has 0 aliphatic rings. The van der Waals surface area contributed by atoms with Crippen molar-refractivity contribution >= 4 is 40.4 Å². The molecule has 0 saturated carbocycles. The fraction of sp³-hybridized carbons (Fsp3) is 0.188. The predicted molar refractivity (Wildman–Crippen MR) is 101 cm³/mol. The molecule has 2 heterocycles. The largest absolute Gasteiger partial charge is 0.493 e. The molecule has 0 radical (unpaired) electrons. The van der Waals surface area contributed by atoms with Crippen molar-refractivity contribution in [2.75, 3.05) is 5.32 Å². The number of carbonyl (C=O) groups excluding carboxylic acids is 1. The molecule has 0 bridgehead atoms. The molecule has 0 saturated heterocycles. The van der Waals surface area contributed by atoms with E-state index >= 15 is 0 Å². The molecule has 0 amide bonds. The van der Waals surface area contributed by atoms with E-state index in [0.29, 0.717) is 6.54 Å². The van der Waals surface area contributed by atoms with Gasteiger partial charge >= 0.3 is 12.1 Å². The van der Waals surface area contributed by atoms with Crippen molar-refractivity contribution < 1.29 is 31.8 Å². The Kier molecular flexibility index (Phi) is 7.14. The summed E-state index contributed by atoms with van der Waals surface area (Å²) >= 11 is 7.12. The van der Waals surface area contributed by atoms with Crippen LogP contribution in [0.25, 0.3) is 0 Å². The van der Waals surface area contributed by atoms with Gasteiger partial charge in [-0.25, -0.2) is 18.8 Å². The number of nitrogens with zero attached hydrogens (tertiary/aromatic N) is 4. The minimum Gasteiger partial charge on any atom is -0.335 e. The summed E-state index contributed by atoms with van der Waals surface area (Å²) in [6.45, 7) is 0.441. The number of thiazole rings is 1. The molecule has 0 atom stereocenters. The molecule has 31 heavy (non-hydrogen) atoms. The highest BCUT2D eigenvalue weighted by atomic mass is 35.5. The zero-order chi connectivity index (χ0) is 22.4. The maximum absolute atomic E-state index is 13.4. The fourth-order valence-electron chi connectivity index (χ4n) is 2.11. The SMILES string of the molecule is O=C(ON=C(Nc1ccc(F)c(Cl)c1)c1nonc1CNCc1nccs1)C(F)(F)F. The molecule has 0 spiro atoms. The van der Waals surface area contributed by atoms with Crippen molar-refractivity contribution in [3.63, 3.8) is 0 Å². The van der Waals surface area contributed by atoms with E-state index in [1.54, 1.807) is 11.6 Å². The van der Waals surface area contributed by atoms with Gasteiger partial charge in [-0.2, -0.15) is 13.2 Å². The van der Waals surface area contributed by atoms with Crippen molar-refractivity contribution in [1.82, 2.24) is 20.6 Å². The Hall–Kier alpha value is -3.10. The number of hydrogen-bond acceptors (Lipinski definition) is 9. The van der Waals surface area contributed by atoms with Gasteiger partial charge in [0.2, 0.25) is 5.84 Å². The van der Waals surface area contributed by atoms with Crippen LogP contribution in [0.15, 0.2) is 39.6 Å². The summed E-state index contributed by atoms with van der Waals surface area (Å²) in [4.78, 5) is 19.1. The number of carbonyl (C=O) groups is 1. The Balaban J connectivity index is 1.82. The van der Waals surface area contributed by atoms with Gasteiger partial charge in [-0.1, -0.05) is 21.9 Å². The van der Waals surface area contributed by atoms with E-state index in [2.05, 4.69) is 40.6 Å². The van der Waals surface area contributed by atoms with Crippen LogP contribution in [0.2, 0.25) is 5.02 Å². The van der Waals surface area contributed by atoms with E-state index in [-0.39, 0.29) is 28.6 Å². The average molecular weight is 479 g/mol. The lowest BCUT2D eigenvalue weighted by Gasteiger charge is -2.09. The molecule has 0 fully saturated rings. The van der Waals surface area contributed by atoms with Crippen LogP contribution in [-0.4, -0.2) is 33.3 Å². The minimum atomic E-state index is -5.27. The summed E-state index contributed by atoms with van der Waals surface area (Å²) in [5.74, 6) is -3.72. The Bertz CT molecular complexity index is 1070. The second-order valence-corrected chi connectivity index (χ2v) is 7.05. The third-order valence-corrected chi connectivity index (χ3v) is 4.54. The number of anilines is 1. The van der Waals surface area contributed by atoms with Crippen LogP contribution in [0.4, 0.5) is 23.2 Å². The van der Waals surface area contributed by atoms with E-state index in [0.717, 1.165) is 17.1 Å². The highest BCUT2D eigenvalue weighted by Crippen LogP contribution is 2.21. The summed E-state index contributed by atoms with van der Waals surface area (Å²) < 4.78 is 55.4. The number of oxime groups is 1. The summed E-state index contributed by atoms with van der Waals surface area (Å²) in [6, 6.07) is 3.39. The van der Waals surface area contributed by atoms with E-state index < -0.39 is 23.8 Å². The molecule has 2 N–H and O–H groups in total. The first kappa shape index (κ1) is 22.6. The number of alkyl halides is 3. The zero-order valence-electron chi connectivity index (χ0n) is 15.1. The fourth-order valence-corrected chi connectivity index (χ4v) is 2.87. The predicted octanol–water partition coefficient (Wildman–Crippen LogP) is 3.49. The molecule has 0 aliphatic carbocycles. The second-order valence-electron chi connectivity index (χ2n) is 5.66. The summed E-state index contributed by atoms with van der Waals surface area (Å²) in [5.41, 5.74) is 0.110. The maximum atomic E-state index is 13.4. The van der Waals surface area contributed by atoms with Gasteiger partial charge in [-0.15, -0.1) is 11.3 Å². The lowest BCUT2D eigenvalue weighted by atomic mass is 10.2. The summed E-state index contributed by atoms with van der Waals surface area (Å²) in [6.07, 6.45) is -3.64. The Labute approximate surface area is 180 Å². The molecule has 15 heteroatoms. The Morgan fingerprint density at radius 2 is 2.10 bits per heavy atom. The number of halogens is 5. The smallest absolute Gasteiger partial charge is 0.335 e. The molecule has 164 valence electrons. The van der Waals surface area contributed by atoms with E-state index in [1.165, 1.54) is 17.4 Å². The average Bonchev–Trinajstić information content (AvgIpc) is 3.39. The normalized spacial score (nSPS) is 12.1. The zero-order valence-corrected chi connectivity index (χ0v) is 16.7. The first-order valence-corrected chi connectivity index (χ1v) is 9.49. The van der Waals surface area contributed by atoms with Crippen molar-refractivity contribution in [3.05, 3.63) is 57.0 Å². The highest BCUT2D eigenvalue weighted by Gasteiger charge is 2.42. The second kappa shape index (κ2) is 9.80. The molecule has 0 unspecified atom stereocenters. The quantitative estimate of drug-likeness (QED) is 0.174. The minimum absolute atomic E-state index is 0.0660. The molecule has 2 aromatic heterocycles. The van der Waals surface area contributed by atoms with Crippen molar-refractivity contribution in [1.29, 1.82) is 0 Å². The molecule has 9 nitrogen and oxygen atoms in total. The van der Waals surface area contributed by atoms with Gasteiger partial charge in [0.25, 0.3) is 0 Å². The van der Waals surface area contributed by atoms with E-state index in [1.807, 2.05) is 0 Å². The number of rotatable bonds is 7. The molecule has 1 aromatic carbocycles. The number of nitrogens with one attached hydrogen (secondary N) is 2. The Morgan fingerprint density at radius 1 is 1.29 bits per heavy atom. The molecule has 0 aliphatic heterocycles. The number of benzene rings is 1. The van der Waals surface area contributed by atoms with Gasteiger partial charge in [0.05, 0.1) is 5.02 Å². The Morgan fingerprint density at radius 3 is 2.77 bits per heavy atom. The third kappa shape index (κ3) is 6.19. The van der Waals surface area contributed by atoms with Crippen LogP contribution in [-0.2, 0) is 22.7 Å². The standard InChI is InChI=1S/C16H11ClF4N6O3S/c17-9-5-8(1-2-10(9)18)24-14(27-29-15(28)16(19,20)21)13-11(25-30-26-13)6-22-7-12-23-3-4-31-12/h1-5,22H,6-7H2,(H,24,27).